The van der Waals surface area contributed by atoms with Gasteiger partial charge in [0.25, 0.3) is 11.8 Å². The average Bonchev–Trinajstić information content (AvgIpc) is 2.57. The predicted octanol–water partition coefficient (Wildman–Crippen LogP) is 3.61. The standard InChI is InChI=1S/C18H19FN2O2/c1-2-3-12-20-17(22)13-8-10-14(11-9-13)18(23)21-16-7-5-4-6-15(16)19/h4-11H,2-3,12H2,1H3,(H,20,22)(H,21,23). The topological polar surface area (TPSA) is 58.2 Å². The number of para-hydroxylation sites is 1. The molecule has 4 nitrogen and oxygen atoms in total. The Labute approximate surface area is 134 Å². The smallest absolute Gasteiger partial charge is 0.255 e. The molecule has 2 N–H and O–H groups in total. The highest BCUT2D eigenvalue weighted by atomic mass is 19.1. The third kappa shape index (κ3) is 4.64. The van der Waals surface area contributed by atoms with Crippen LogP contribution in [0.4, 0.5) is 10.1 Å². The Balaban J connectivity index is 2.00. The molecule has 5 heteroatoms. The van der Waals surface area contributed by atoms with Gasteiger partial charge < -0.3 is 10.6 Å². The summed E-state index contributed by atoms with van der Waals surface area (Å²) in [4.78, 5) is 24.0. The molecule has 0 aliphatic rings. The summed E-state index contributed by atoms with van der Waals surface area (Å²) in [5.74, 6) is -1.08. The van der Waals surface area contributed by atoms with Crippen LogP contribution in [0.3, 0.4) is 0 Å². The molecule has 0 aliphatic carbocycles. The second kappa shape index (κ2) is 8.08. The molecule has 0 radical (unpaired) electrons. The van der Waals surface area contributed by atoms with Crippen LogP contribution < -0.4 is 10.6 Å². The molecule has 2 aromatic rings. The van der Waals surface area contributed by atoms with Crippen LogP contribution in [0, 0.1) is 5.82 Å². The third-order valence-electron chi connectivity index (χ3n) is 3.35. The first-order valence-electron chi connectivity index (χ1n) is 7.56. The Morgan fingerprint density at radius 1 is 0.957 bits per heavy atom. The minimum Gasteiger partial charge on any atom is -0.352 e. The highest BCUT2D eigenvalue weighted by Gasteiger charge is 2.10. The SMILES string of the molecule is CCCCNC(=O)c1ccc(C(=O)Nc2ccccc2F)cc1. The number of unbranched alkanes of at least 4 members (excludes halogenated alkanes) is 1. The quantitative estimate of drug-likeness (QED) is 0.800. The summed E-state index contributed by atoms with van der Waals surface area (Å²) in [7, 11) is 0. The van der Waals surface area contributed by atoms with E-state index in [4.69, 9.17) is 0 Å². The van der Waals surface area contributed by atoms with Gasteiger partial charge in [-0.1, -0.05) is 25.5 Å². The molecule has 0 heterocycles. The number of amides is 2. The molecule has 0 atom stereocenters. The molecule has 23 heavy (non-hydrogen) atoms. The second-order valence-electron chi connectivity index (χ2n) is 5.12. The highest BCUT2D eigenvalue weighted by Crippen LogP contribution is 2.14. The van der Waals surface area contributed by atoms with Gasteiger partial charge in [-0.25, -0.2) is 4.39 Å². The summed E-state index contributed by atoms with van der Waals surface area (Å²) in [6, 6.07) is 12.2. The van der Waals surface area contributed by atoms with Crippen LogP contribution in [0.1, 0.15) is 40.5 Å². The van der Waals surface area contributed by atoms with Gasteiger partial charge in [0.05, 0.1) is 5.69 Å². The Bertz CT molecular complexity index is 684. The van der Waals surface area contributed by atoms with E-state index in [0.717, 1.165) is 12.8 Å². The van der Waals surface area contributed by atoms with Gasteiger partial charge in [-0.3, -0.25) is 9.59 Å². The molecule has 2 aromatic carbocycles. The van der Waals surface area contributed by atoms with Gasteiger partial charge in [0.2, 0.25) is 0 Å². The largest absolute Gasteiger partial charge is 0.352 e. The lowest BCUT2D eigenvalue weighted by molar-refractivity contribution is 0.0951. The molecular formula is C18H19FN2O2. The molecule has 0 aromatic heterocycles. The van der Waals surface area contributed by atoms with Crippen LogP contribution in [0.25, 0.3) is 0 Å². The number of benzene rings is 2. The summed E-state index contributed by atoms with van der Waals surface area (Å²) < 4.78 is 13.5. The molecular weight excluding hydrogens is 295 g/mol. The molecule has 120 valence electrons. The van der Waals surface area contributed by atoms with Crippen molar-refractivity contribution in [2.45, 2.75) is 19.8 Å². The van der Waals surface area contributed by atoms with Crippen molar-refractivity contribution in [3.63, 3.8) is 0 Å². The summed E-state index contributed by atoms with van der Waals surface area (Å²) >= 11 is 0. The van der Waals surface area contributed by atoms with Gasteiger partial charge in [0, 0.05) is 17.7 Å². The molecule has 0 saturated carbocycles. The summed E-state index contributed by atoms with van der Waals surface area (Å²) in [5.41, 5.74) is 0.973. The highest BCUT2D eigenvalue weighted by molar-refractivity contribution is 6.05. The second-order valence-corrected chi connectivity index (χ2v) is 5.12. The van der Waals surface area contributed by atoms with Crippen LogP contribution in [-0.2, 0) is 0 Å². The maximum absolute atomic E-state index is 13.5. The van der Waals surface area contributed by atoms with Crippen LogP contribution in [0.15, 0.2) is 48.5 Å². The minimum atomic E-state index is -0.493. The monoisotopic (exact) mass is 314 g/mol. The van der Waals surface area contributed by atoms with Crippen molar-refractivity contribution < 1.29 is 14.0 Å². The Hall–Kier alpha value is -2.69. The normalized spacial score (nSPS) is 10.2. The first-order chi connectivity index (χ1) is 11.1. The first-order valence-corrected chi connectivity index (χ1v) is 7.56. The number of nitrogens with one attached hydrogen (secondary N) is 2. The van der Waals surface area contributed by atoms with Crippen LogP contribution >= 0.6 is 0 Å². The molecule has 2 amide bonds. The van der Waals surface area contributed by atoms with E-state index >= 15 is 0 Å². The Kier molecular flexibility index (Phi) is 5.86. The van der Waals surface area contributed by atoms with Crippen LogP contribution in [0.5, 0.6) is 0 Å². The summed E-state index contributed by atoms with van der Waals surface area (Å²) in [6.45, 7) is 2.68. The maximum Gasteiger partial charge on any atom is 0.255 e. The van der Waals surface area contributed by atoms with E-state index in [1.807, 2.05) is 0 Å². The van der Waals surface area contributed by atoms with Crippen molar-refractivity contribution in [3.8, 4) is 0 Å². The number of hydrogen-bond donors (Lipinski definition) is 2. The number of halogens is 1. The summed E-state index contributed by atoms with van der Waals surface area (Å²) in [5, 5.41) is 5.31. The number of carbonyl (C=O) groups is 2. The van der Waals surface area contributed by atoms with Gasteiger partial charge in [0.1, 0.15) is 5.82 Å². The van der Waals surface area contributed by atoms with Gasteiger partial charge in [0.15, 0.2) is 0 Å². The number of rotatable bonds is 6. The van der Waals surface area contributed by atoms with E-state index in [1.54, 1.807) is 36.4 Å². The first kappa shape index (κ1) is 16.7. The van der Waals surface area contributed by atoms with E-state index in [2.05, 4.69) is 17.6 Å². The van der Waals surface area contributed by atoms with Gasteiger partial charge in [-0.05, 0) is 42.8 Å². The fraction of sp³-hybridized carbons (Fsp3) is 0.222. The minimum absolute atomic E-state index is 0.124. The molecule has 0 unspecified atom stereocenters. The molecule has 0 fully saturated rings. The molecule has 0 aliphatic heterocycles. The zero-order valence-electron chi connectivity index (χ0n) is 12.9. The fourth-order valence-corrected chi connectivity index (χ4v) is 2.01. The van der Waals surface area contributed by atoms with Crippen molar-refractivity contribution in [1.82, 2.24) is 5.32 Å². The molecule has 0 saturated heterocycles. The maximum atomic E-state index is 13.5. The van der Waals surface area contributed by atoms with E-state index in [0.29, 0.717) is 17.7 Å². The van der Waals surface area contributed by atoms with E-state index < -0.39 is 11.7 Å². The number of anilines is 1. The van der Waals surface area contributed by atoms with Crippen molar-refractivity contribution in [3.05, 3.63) is 65.5 Å². The Morgan fingerprint density at radius 2 is 1.57 bits per heavy atom. The zero-order chi connectivity index (χ0) is 16.7. The predicted molar refractivity (Wildman–Crippen MR) is 88.0 cm³/mol. The lowest BCUT2D eigenvalue weighted by Crippen LogP contribution is -2.24. The van der Waals surface area contributed by atoms with Crippen LogP contribution in [-0.4, -0.2) is 18.4 Å². The molecule has 0 spiro atoms. The van der Waals surface area contributed by atoms with Gasteiger partial charge in [-0.2, -0.15) is 0 Å². The van der Waals surface area contributed by atoms with Crippen molar-refractivity contribution in [1.29, 1.82) is 0 Å². The van der Waals surface area contributed by atoms with E-state index in [-0.39, 0.29) is 11.6 Å². The van der Waals surface area contributed by atoms with Crippen molar-refractivity contribution in [2.24, 2.45) is 0 Å². The Morgan fingerprint density at radius 3 is 2.17 bits per heavy atom. The van der Waals surface area contributed by atoms with Crippen molar-refractivity contribution in [2.75, 3.05) is 11.9 Å². The zero-order valence-corrected chi connectivity index (χ0v) is 12.9. The lowest BCUT2D eigenvalue weighted by Gasteiger charge is -2.07. The van der Waals surface area contributed by atoms with Gasteiger partial charge in [-0.15, -0.1) is 0 Å². The average molecular weight is 314 g/mol. The molecule has 0 bridgehead atoms. The van der Waals surface area contributed by atoms with E-state index in [9.17, 15) is 14.0 Å². The third-order valence-corrected chi connectivity index (χ3v) is 3.35. The fourth-order valence-electron chi connectivity index (χ4n) is 2.01. The van der Waals surface area contributed by atoms with Crippen molar-refractivity contribution >= 4 is 17.5 Å². The lowest BCUT2D eigenvalue weighted by atomic mass is 10.1. The number of carbonyl (C=O) groups excluding carboxylic acids is 2. The van der Waals surface area contributed by atoms with Crippen LogP contribution in [0.2, 0.25) is 0 Å². The van der Waals surface area contributed by atoms with E-state index in [1.165, 1.54) is 12.1 Å². The summed E-state index contributed by atoms with van der Waals surface area (Å²) in [6.07, 6.45) is 1.93. The van der Waals surface area contributed by atoms with Gasteiger partial charge >= 0.3 is 0 Å². The molecule has 2 rings (SSSR count). The number of hydrogen-bond acceptors (Lipinski definition) is 2.